The van der Waals surface area contributed by atoms with Crippen LogP contribution in [0.1, 0.15) is 24.0 Å². The summed E-state index contributed by atoms with van der Waals surface area (Å²) in [5, 5.41) is 0. The normalized spacial score (nSPS) is 15.4. The van der Waals surface area contributed by atoms with E-state index in [1.165, 1.54) is 0 Å². The summed E-state index contributed by atoms with van der Waals surface area (Å²) in [4.78, 5) is 12.5. The molecule has 1 radical (unpaired) electrons. The first-order valence-electron chi connectivity index (χ1n) is 5.56. The minimum Gasteiger partial charge on any atom is -0.760 e. The molecule has 1 amide bonds. The fourth-order valence-electron chi connectivity index (χ4n) is 1.78. The molecule has 1 atom stereocenters. The molecule has 19 heavy (non-hydrogen) atoms. The predicted molar refractivity (Wildman–Crippen MR) is 67.9 cm³/mol. The van der Waals surface area contributed by atoms with Crippen LogP contribution in [0.5, 0.6) is 0 Å². The first-order chi connectivity index (χ1) is 8.61. The minimum atomic E-state index is -2.28. The zero-order chi connectivity index (χ0) is 13.1. The van der Waals surface area contributed by atoms with Gasteiger partial charge in [0.25, 0.3) is 0 Å². The molecule has 1 aliphatic carbocycles. The second-order valence-corrected chi connectivity index (χ2v) is 4.97. The largest absolute Gasteiger partial charge is 0.760 e. The maximum absolute atomic E-state index is 10.9. The third-order valence-electron chi connectivity index (χ3n) is 2.81. The number of rotatable bonds is 6. The van der Waals surface area contributed by atoms with E-state index < -0.39 is 11.3 Å². The van der Waals surface area contributed by atoms with Crippen molar-refractivity contribution < 1.29 is 46.3 Å². The second-order valence-electron chi connectivity index (χ2n) is 4.21. The molecule has 1 aromatic carbocycles. The summed E-state index contributed by atoms with van der Waals surface area (Å²) in [5.41, 5.74) is 2.23. The summed E-state index contributed by atoms with van der Waals surface area (Å²) in [7, 11) is 0. The molecule has 2 rings (SSSR count). The van der Waals surface area contributed by atoms with E-state index in [1.807, 2.05) is 6.41 Å². The topological polar surface area (TPSA) is 72.5 Å². The first-order valence-corrected chi connectivity index (χ1v) is 6.64. The average Bonchev–Trinajstić information content (AvgIpc) is 3.14. The van der Waals surface area contributed by atoms with Gasteiger partial charge in [-0.05, 0) is 12.8 Å². The minimum absolute atomic E-state index is 0. The molecule has 1 fully saturated rings. The van der Waals surface area contributed by atoms with Crippen molar-refractivity contribution in [2.45, 2.75) is 25.4 Å². The standard InChI is InChI=1S/C12H14N2O3S.Y/c1-9-6-10(7-13-18(16)17)2-5-12(9)14(8-15)11-3-4-11;/h2,5-6,11,13H,1,3-4,7H2,(H,16,17);/q-2;/p-1. The molecule has 0 aliphatic heterocycles. The Hall–Kier alpha value is -0.266. The monoisotopic (exact) mass is 354 g/mol. The number of anilines is 1. The molecule has 0 heterocycles. The second kappa shape index (κ2) is 7.50. The van der Waals surface area contributed by atoms with E-state index in [2.05, 4.69) is 11.6 Å². The first kappa shape index (κ1) is 16.8. The Morgan fingerprint density at radius 1 is 1.53 bits per heavy atom. The number of nitrogens with zero attached hydrogens (tertiary/aromatic N) is 1. The quantitative estimate of drug-likeness (QED) is 0.466. The maximum atomic E-state index is 10.9. The van der Waals surface area contributed by atoms with Gasteiger partial charge in [-0.15, -0.1) is 11.8 Å². The van der Waals surface area contributed by atoms with Gasteiger partial charge < -0.3 is 14.2 Å². The summed E-state index contributed by atoms with van der Waals surface area (Å²) in [6, 6.07) is 5.55. The van der Waals surface area contributed by atoms with Crippen LogP contribution in [0.4, 0.5) is 5.69 Å². The molecule has 0 bridgehead atoms. The molecule has 1 aromatic rings. The summed E-state index contributed by atoms with van der Waals surface area (Å²) < 4.78 is 23.1. The van der Waals surface area contributed by atoms with Gasteiger partial charge in [0.1, 0.15) is 0 Å². The molecule has 0 aromatic heterocycles. The molecule has 5 nitrogen and oxygen atoms in total. The van der Waals surface area contributed by atoms with Crippen molar-refractivity contribution in [1.29, 1.82) is 0 Å². The smallest absolute Gasteiger partial charge is 0.0721 e. The van der Waals surface area contributed by atoms with Crippen LogP contribution in [0.2, 0.25) is 0 Å². The van der Waals surface area contributed by atoms with Crippen LogP contribution in [-0.4, -0.2) is 21.2 Å². The number of hydrogen-bond donors (Lipinski definition) is 1. The Kier molecular flexibility index (Phi) is 6.63. The van der Waals surface area contributed by atoms with E-state index in [9.17, 15) is 13.6 Å². The zero-order valence-electron chi connectivity index (χ0n) is 10.3. The summed E-state index contributed by atoms with van der Waals surface area (Å²) in [5.74, 6) is 0. The van der Waals surface area contributed by atoms with Crippen molar-refractivity contribution in [3.8, 4) is 0 Å². The van der Waals surface area contributed by atoms with Gasteiger partial charge in [-0.1, -0.05) is 11.6 Å². The van der Waals surface area contributed by atoms with E-state index in [0.29, 0.717) is 5.56 Å². The van der Waals surface area contributed by atoms with Gasteiger partial charge in [0.15, 0.2) is 0 Å². The van der Waals surface area contributed by atoms with Gasteiger partial charge in [0.2, 0.25) is 0 Å². The molecule has 7 heteroatoms. The number of amides is 1. The van der Waals surface area contributed by atoms with Crippen LogP contribution in [0, 0.1) is 6.92 Å². The molecular formula is C12H13N2O3SY-3. The third kappa shape index (κ3) is 4.65. The Morgan fingerprint density at radius 2 is 2.21 bits per heavy atom. The molecule has 1 N–H and O–H groups in total. The van der Waals surface area contributed by atoms with Crippen molar-refractivity contribution in [1.82, 2.24) is 4.72 Å². The predicted octanol–water partition coefficient (Wildman–Crippen LogP) is 0.786. The molecular weight excluding hydrogens is 341 g/mol. The molecule has 1 saturated carbocycles. The van der Waals surface area contributed by atoms with Crippen LogP contribution in [0.15, 0.2) is 18.2 Å². The molecule has 1 aliphatic rings. The fraction of sp³-hybridized carbons (Fsp3) is 0.333. The summed E-state index contributed by atoms with van der Waals surface area (Å²) in [6.07, 6.45) is 3.91. The Morgan fingerprint density at radius 3 is 2.68 bits per heavy atom. The average molecular weight is 354 g/mol. The van der Waals surface area contributed by atoms with Crippen molar-refractivity contribution >= 4 is 23.4 Å². The van der Waals surface area contributed by atoms with Gasteiger partial charge in [-0.25, -0.2) is 17.2 Å². The van der Waals surface area contributed by atoms with Crippen LogP contribution in [-0.2, 0) is 55.3 Å². The van der Waals surface area contributed by atoms with Crippen molar-refractivity contribution in [2.24, 2.45) is 0 Å². The van der Waals surface area contributed by atoms with Crippen LogP contribution >= 0.6 is 0 Å². The molecule has 0 spiro atoms. The van der Waals surface area contributed by atoms with Crippen LogP contribution < -0.4 is 9.62 Å². The molecule has 0 saturated heterocycles. The Labute approximate surface area is 140 Å². The Balaban J connectivity index is 0.00000180. The molecule has 101 valence electrons. The summed E-state index contributed by atoms with van der Waals surface area (Å²) in [6.45, 7) is 4.10. The van der Waals surface area contributed by atoms with Gasteiger partial charge in [-0.2, -0.15) is 6.07 Å². The van der Waals surface area contributed by atoms with Gasteiger partial charge >= 0.3 is 0 Å². The number of benzene rings is 1. The SMILES string of the molecule is [CH2-]c1cc(CNS(=O)[O-])ccc1N([C-]=O)C1CC1.[Y]. The fourth-order valence-corrected chi connectivity index (χ4v) is 2.06. The maximum Gasteiger partial charge on any atom is 0.0721 e. The van der Waals surface area contributed by atoms with Crippen LogP contribution in [0.25, 0.3) is 0 Å². The number of carbonyl (C=O) groups excluding carboxylic acids is 1. The molecule has 1 unspecified atom stereocenters. The summed E-state index contributed by atoms with van der Waals surface area (Å²) >= 11 is -2.28. The van der Waals surface area contributed by atoms with E-state index >= 15 is 0 Å². The van der Waals surface area contributed by atoms with Gasteiger partial charge in [0.05, 0.1) is 6.41 Å². The van der Waals surface area contributed by atoms with Crippen molar-refractivity contribution in [3.05, 3.63) is 36.2 Å². The van der Waals surface area contributed by atoms with Crippen molar-refractivity contribution in [3.63, 3.8) is 0 Å². The zero-order valence-corrected chi connectivity index (χ0v) is 14.0. The third-order valence-corrected chi connectivity index (χ3v) is 3.19. The van der Waals surface area contributed by atoms with Crippen molar-refractivity contribution in [2.75, 3.05) is 4.90 Å². The van der Waals surface area contributed by atoms with E-state index in [4.69, 9.17) is 0 Å². The number of nitrogens with one attached hydrogen (secondary N) is 1. The van der Waals surface area contributed by atoms with E-state index in [1.54, 1.807) is 23.1 Å². The van der Waals surface area contributed by atoms with Gasteiger partial charge in [-0.3, -0.25) is 4.21 Å². The van der Waals surface area contributed by atoms with Gasteiger partial charge in [0, 0.05) is 56.6 Å². The van der Waals surface area contributed by atoms with E-state index in [0.717, 1.165) is 24.1 Å². The van der Waals surface area contributed by atoms with Crippen LogP contribution in [0.3, 0.4) is 0 Å². The Bertz CT molecular complexity index is 480. The number of hydrogen-bond acceptors (Lipinski definition) is 3. The van der Waals surface area contributed by atoms with E-state index in [-0.39, 0.29) is 45.3 Å².